The van der Waals surface area contributed by atoms with Gasteiger partial charge in [0.1, 0.15) is 17.1 Å². The molecule has 0 saturated heterocycles. The van der Waals surface area contributed by atoms with E-state index in [0.717, 1.165) is 11.4 Å². The van der Waals surface area contributed by atoms with Gasteiger partial charge in [-0.15, -0.1) is 0 Å². The smallest absolute Gasteiger partial charge is 0.263 e. The second-order valence-electron chi connectivity index (χ2n) is 6.28. The van der Waals surface area contributed by atoms with Crippen LogP contribution < -0.4 is 21.0 Å². The average Bonchev–Trinajstić information content (AvgIpc) is 2.73. The molecule has 0 atom stereocenters. The summed E-state index contributed by atoms with van der Waals surface area (Å²) in [6.07, 6.45) is 0. The van der Waals surface area contributed by atoms with E-state index in [-0.39, 0.29) is 22.0 Å². The minimum atomic E-state index is -0.305. The number of thiocarbonyl (C=S) groups is 1. The third-order valence-electron chi connectivity index (χ3n) is 4.50. The van der Waals surface area contributed by atoms with Gasteiger partial charge in [-0.05, 0) is 62.5 Å². The van der Waals surface area contributed by atoms with Crippen LogP contribution >= 0.6 is 12.2 Å². The lowest BCUT2D eigenvalue weighted by atomic mass is 10.1. The van der Waals surface area contributed by atoms with E-state index in [1.165, 1.54) is 0 Å². The number of nitrogens with zero attached hydrogens (tertiary/aromatic N) is 2. The Morgan fingerprint density at radius 3 is 2.55 bits per heavy atom. The molecule has 0 spiro atoms. The summed E-state index contributed by atoms with van der Waals surface area (Å²) in [6.45, 7) is 4.01. The highest BCUT2D eigenvalue weighted by Crippen LogP contribution is 2.26. The third-order valence-corrected chi connectivity index (χ3v) is 4.69. The summed E-state index contributed by atoms with van der Waals surface area (Å²) in [6, 6.07) is 14.5. The van der Waals surface area contributed by atoms with E-state index in [0.29, 0.717) is 23.2 Å². The number of hydrazone groups is 1. The zero-order valence-electron chi connectivity index (χ0n) is 16.4. The monoisotopic (exact) mass is 410 g/mol. The second kappa shape index (κ2) is 8.74. The minimum absolute atomic E-state index is 0.0904. The molecule has 0 aliphatic carbocycles. The van der Waals surface area contributed by atoms with Gasteiger partial charge in [0, 0.05) is 17.6 Å². The Balaban J connectivity index is 1.86. The highest BCUT2D eigenvalue weighted by Gasteiger charge is 2.17. The standard InChI is InChI=1S/C21H22N4O3S/c1-4-25-17-8-6-5-7-16(17)19(26)18(20(25)27)13(2)23-24-21(29)22-14-9-11-15(28-3)12-10-14/h5-12,26H,4H2,1-3H3,(H2,22,24,29)/b23-13+. The Hall–Kier alpha value is -3.39. The molecule has 0 saturated carbocycles. The molecule has 29 heavy (non-hydrogen) atoms. The fraction of sp³-hybridized carbons (Fsp3) is 0.190. The number of hydrogen-bond acceptors (Lipinski definition) is 5. The van der Waals surface area contributed by atoms with Crippen molar-refractivity contribution in [3.05, 3.63) is 64.4 Å². The lowest BCUT2D eigenvalue weighted by Gasteiger charge is -2.14. The summed E-state index contributed by atoms with van der Waals surface area (Å²) >= 11 is 5.25. The molecule has 7 nitrogen and oxygen atoms in total. The van der Waals surface area contributed by atoms with Crippen molar-refractivity contribution in [2.45, 2.75) is 20.4 Å². The van der Waals surface area contributed by atoms with E-state index >= 15 is 0 Å². The van der Waals surface area contributed by atoms with Gasteiger partial charge in [0.05, 0.1) is 18.3 Å². The first-order valence-corrected chi connectivity index (χ1v) is 9.47. The first-order valence-electron chi connectivity index (χ1n) is 9.06. The molecule has 0 unspecified atom stereocenters. The highest BCUT2D eigenvalue weighted by atomic mass is 32.1. The maximum Gasteiger partial charge on any atom is 0.263 e. The molecule has 0 radical (unpaired) electrons. The van der Waals surface area contributed by atoms with Crippen molar-refractivity contribution in [2.24, 2.45) is 5.10 Å². The quantitative estimate of drug-likeness (QED) is 0.339. The third kappa shape index (κ3) is 4.22. The number of methoxy groups -OCH3 is 1. The summed E-state index contributed by atoms with van der Waals surface area (Å²) < 4.78 is 6.73. The van der Waals surface area contributed by atoms with E-state index in [4.69, 9.17) is 17.0 Å². The van der Waals surface area contributed by atoms with Crippen molar-refractivity contribution in [1.29, 1.82) is 0 Å². The molecule has 0 aliphatic rings. The van der Waals surface area contributed by atoms with Crippen LogP contribution in [-0.2, 0) is 6.54 Å². The van der Waals surface area contributed by atoms with Gasteiger partial charge in [0.2, 0.25) is 0 Å². The summed E-state index contributed by atoms with van der Waals surface area (Å²) in [5.41, 5.74) is 4.33. The molecule has 0 amide bonds. The van der Waals surface area contributed by atoms with Gasteiger partial charge < -0.3 is 19.7 Å². The van der Waals surface area contributed by atoms with Crippen molar-refractivity contribution in [3.63, 3.8) is 0 Å². The Morgan fingerprint density at radius 1 is 1.21 bits per heavy atom. The van der Waals surface area contributed by atoms with E-state index < -0.39 is 0 Å². The maximum absolute atomic E-state index is 12.9. The van der Waals surface area contributed by atoms with Crippen LogP contribution in [0.3, 0.4) is 0 Å². The van der Waals surface area contributed by atoms with E-state index in [9.17, 15) is 9.90 Å². The second-order valence-corrected chi connectivity index (χ2v) is 6.69. The molecular weight excluding hydrogens is 388 g/mol. The van der Waals surface area contributed by atoms with E-state index in [2.05, 4.69) is 15.8 Å². The molecule has 0 fully saturated rings. The molecule has 3 aromatic rings. The van der Waals surface area contributed by atoms with Gasteiger partial charge >= 0.3 is 0 Å². The lowest BCUT2D eigenvalue weighted by Crippen LogP contribution is -2.29. The van der Waals surface area contributed by atoms with Gasteiger partial charge in [-0.25, -0.2) is 0 Å². The van der Waals surface area contributed by atoms with Crippen LogP contribution in [0.2, 0.25) is 0 Å². The number of aromatic nitrogens is 1. The molecule has 3 N–H and O–H groups in total. The topological polar surface area (TPSA) is 87.9 Å². The van der Waals surface area contributed by atoms with Crippen LogP contribution in [0.4, 0.5) is 5.69 Å². The number of nitrogens with one attached hydrogen (secondary N) is 2. The molecular formula is C21H22N4O3S. The predicted octanol–water partition coefficient (Wildman–Crippen LogP) is 3.45. The van der Waals surface area contributed by atoms with Crippen molar-refractivity contribution in [2.75, 3.05) is 12.4 Å². The molecule has 150 valence electrons. The number of aryl methyl sites for hydroxylation is 1. The van der Waals surface area contributed by atoms with Crippen molar-refractivity contribution < 1.29 is 9.84 Å². The number of rotatable bonds is 5. The van der Waals surface area contributed by atoms with Gasteiger partial charge in [-0.2, -0.15) is 5.10 Å². The summed E-state index contributed by atoms with van der Waals surface area (Å²) in [4.78, 5) is 12.9. The molecule has 0 aliphatic heterocycles. The van der Waals surface area contributed by atoms with Gasteiger partial charge in [-0.3, -0.25) is 10.2 Å². The van der Waals surface area contributed by atoms with Crippen molar-refractivity contribution in [3.8, 4) is 11.5 Å². The summed E-state index contributed by atoms with van der Waals surface area (Å²) in [5.74, 6) is 0.648. The van der Waals surface area contributed by atoms with Crippen LogP contribution in [0.15, 0.2) is 58.4 Å². The van der Waals surface area contributed by atoms with E-state index in [1.54, 1.807) is 36.8 Å². The number of para-hydroxylation sites is 1. The maximum atomic E-state index is 12.9. The summed E-state index contributed by atoms with van der Waals surface area (Å²) in [7, 11) is 1.60. The Labute approximate surface area is 173 Å². The predicted molar refractivity (Wildman–Crippen MR) is 120 cm³/mol. The van der Waals surface area contributed by atoms with Crippen LogP contribution in [0.5, 0.6) is 11.5 Å². The first-order chi connectivity index (χ1) is 14.0. The Morgan fingerprint density at radius 2 is 1.90 bits per heavy atom. The van der Waals surface area contributed by atoms with Crippen LogP contribution in [-0.4, -0.2) is 27.6 Å². The molecule has 1 heterocycles. The normalized spacial score (nSPS) is 11.3. The Bertz CT molecular complexity index is 1140. The fourth-order valence-electron chi connectivity index (χ4n) is 3.05. The molecule has 0 bridgehead atoms. The van der Waals surface area contributed by atoms with Crippen molar-refractivity contribution in [1.82, 2.24) is 9.99 Å². The van der Waals surface area contributed by atoms with E-state index in [1.807, 2.05) is 37.3 Å². The average molecular weight is 410 g/mol. The first kappa shape index (κ1) is 20.3. The highest BCUT2D eigenvalue weighted by molar-refractivity contribution is 7.80. The number of fused-ring (bicyclic) bond motifs is 1. The lowest BCUT2D eigenvalue weighted by molar-refractivity contribution is 0.415. The molecule has 3 rings (SSSR count). The van der Waals surface area contributed by atoms with Gasteiger partial charge in [0.15, 0.2) is 5.11 Å². The minimum Gasteiger partial charge on any atom is -0.506 e. The number of ether oxygens (including phenoxy) is 1. The van der Waals surface area contributed by atoms with Gasteiger partial charge in [0.25, 0.3) is 5.56 Å². The van der Waals surface area contributed by atoms with Crippen LogP contribution in [0.25, 0.3) is 10.9 Å². The number of anilines is 1. The molecule has 8 heteroatoms. The van der Waals surface area contributed by atoms with Crippen LogP contribution in [0.1, 0.15) is 19.4 Å². The van der Waals surface area contributed by atoms with Crippen molar-refractivity contribution >= 4 is 39.6 Å². The number of pyridine rings is 1. The Kier molecular flexibility index (Phi) is 6.13. The van der Waals surface area contributed by atoms with Crippen LogP contribution in [0, 0.1) is 0 Å². The zero-order chi connectivity index (χ0) is 21.0. The summed E-state index contributed by atoms with van der Waals surface area (Å²) in [5, 5.41) is 18.7. The number of aromatic hydroxyl groups is 1. The SMILES string of the molecule is CCn1c(=O)c(/C(C)=N/NC(=S)Nc2ccc(OC)cc2)c(O)c2ccccc21. The number of hydrogen-bond donors (Lipinski definition) is 3. The zero-order valence-corrected chi connectivity index (χ0v) is 17.2. The molecule has 2 aromatic carbocycles. The molecule has 1 aromatic heterocycles. The largest absolute Gasteiger partial charge is 0.506 e. The number of benzene rings is 2. The fourth-order valence-corrected chi connectivity index (χ4v) is 3.22. The van der Waals surface area contributed by atoms with Gasteiger partial charge in [-0.1, -0.05) is 12.1 Å².